The van der Waals surface area contributed by atoms with Crippen LogP contribution in [0.25, 0.3) is 16.6 Å². The SMILES string of the molecule is Cc1cc2n(CC(O)COC(c3ccccc3)c3ccccc3C)c(=O)c3ccccc3n2n1. The first kappa shape index (κ1) is 22.1. The zero-order valence-corrected chi connectivity index (χ0v) is 19.3. The van der Waals surface area contributed by atoms with Gasteiger partial charge in [0, 0.05) is 6.07 Å². The highest BCUT2D eigenvalue weighted by molar-refractivity contribution is 5.80. The molecule has 0 aliphatic carbocycles. The molecule has 3 aromatic carbocycles. The fourth-order valence-corrected chi connectivity index (χ4v) is 4.47. The molecule has 172 valence electrons. The van der Waals surface area contributed by atoms with E-state index in [4.69, 9.17) is 4.74 Å². The van der Waals surface area contributed by atoms with Crippen LogP contribution in [0.15, 0.2) is 89.7 Å². The van der Waals surface area contributed by atoms with Crippen LogP contribution in [0.4, 0.5) is 0 Å². The summed E-state index contributed by atoms with van der Waals surface area (Å²) in [5, 5.41) is 16.1. The fourth-order valence-electron chi connectivity index (χ4n) is 4.47. The van der Waals surface area contributed by atoms with Crippen LogP contribution in [-0.4, -0.2) is 32.0 Å². The molecule has 0 aliphatic rings. The van der Waals surface area contributed by atoms with Gasteiger partial charge in [0.2, 0.25) is 0 Å². The van der Waals surface area contributed by atoms with Gasteiger partial charge >= 0.3 is 0 Å². The number of hydrogen-bond acceptors (Lipinski definition) is 4. The van der Waals surface area contributed by atoms with Crippen LogP contribution in [0.1, 0.15) is 28.5 Å². The van der Waals surface area contributed by atoms with Crippen LogP contribution in [0, 0.1) is 13.8 Å². The lowest BCUT2D eigenvalue weighted by Crippen LogP contribution is -2.31. The van der Waals surface area contributed by atoms with E-state index in [-0.39, 0.29) is 24.8 Å². The number of aromatic nitrogens is 3. The van der Waals surface area contributed by atoms with Gasteiger partial charge in [-0.2, -0.15) is 5.10 Å². The maximum absolute atomic E-state index is 13.3. The number of aliphatic hydroxyl groups is 1. The second-order valence-electron chi connectivity index (χ2n) is 8.62. The van der Waals surface area contributed by atoms with Crippen molar-refractivity contribution in [1.29, 1.82) is 0 Å². The molecule has 0 bridgehead atoms. The van der Waals surface area contributed by atoms with Crippen molar-refractivity contribution in [2.24, 2.45) is 0 Å². The minimum atomic E-state index is -0.881. The zero-order chi connectivity index (χ0) is 23.7. The van der Waals surface area contributed by atoms with Gasteiger partial charge in [-0.05, 0) is 42.7 Å². The van der Waals surface area contributed by atoms with Crippen LogP contribution >= 0.6 is 0 Å². The summed E-state index contributed by atoms with van der Waals surface area (Å²) in [6.45, 7) is 4.13. The minimum Gasteiger partial charge on any atom is -0.389 e. The Morgan fingerprint density at radius 2 is 1.65 bits per heavy atom. The minimum absolute atomic E-state index is 0.0758. The third-order valence-electron chi connectivity index (χ3n) is 6.12. The molecule has 2 heterocycles. The monoisotopic (exact) mass is 453 g/mol. The highest BCUT2D eigenvalue weighted by atomic mass is 16.5. The number of para-hydroxylation sites is 1. The van der Waals surface area contributed by atoms with Gasteiger partial charge in [-0.25, -0.2) is 4.52 Å². The molecular formula is C28H27N3O3. The number of hydrogen-bond donors (Lipinski definition) is 1. The summed E-state index contributed by atoms with van der Waals surface area (Å²) in [6, 6.07) is 27.3. The standard InChI is InChI=1S/C28H27N3O3/c1-19-10-6-7-13-23(19)27(21-11-4-3-5-12-21)34-18-22(32)17-30-26-16-20(2)29-31(26)25-15-9-8-14-24(25)28(30)33/h3-16,22,27,32H,17-18H2,1-2H3. The van der Waals surface area contributed by atoms with E-state index in [1.54, 1.807) is 15.1 Å². The number of fused-ring (bicyclic) bond motifs is 3. The van der Waals surface area contributed by atoms with Gasteiger partial charge < -0.3 is 9.84 Å². The Balaban J connectivity index is 1.45. The molecule has 5 aromatic rings. The molecule has 0 saturated carbocycles. The average Bonchev–Trinajstić information content (AvgIpc) is 3.25. The molecule has 1 N–H and O–H groups in total. The smallest absolute Gasteiger partial charge is 0.261 e. The predicted molar refractivity (Wildman–Crippen MR) is 133 cm³/mol. The van der Waals surface area contributed by atoms with Crippen molar-refractivity contribution < 1.29 is 9.84 Å². The Morgan fingerprint density at radius 1 is 0.941 bits per heavy atom. The first-order valence-electron chi connectivity index (χ1n) is 11.4. The lowest BCUT2D eigenvalue weighted by Gasteiger charge is -2.23. The van der Waals surface area contributed by atoms with Crippen molar-refractivity contribution in [2.75, 3.05) is 6.61 Å². The zero-order valence-electron chi connectivity index (χ0n) is 19.3. The Hall–Kier alpha value is -3.74. The van der Waals surface area contributed by atoms with Crippen molar-refractivity contribution in [1.82, 2.24) is 14.2 Å². The molecule has 0 radical (unpaired) electrons. The Kier molecular flexibility index (Phi) is 6.01. The molecule has 34 heavy (non-hydrogen) atoms. The third-order valence-corrected chi connectivity index (χ3v) is 6.12. The molecule has 0 saturated heterocycles. The second kappa shape index (κ2) is 9.25. The van der Waals surface area contributed by atoms with Gasteiger partial charge in [-0.3, -0.25) is 9.36 Å². The van der Waals surface area contributed by atoms with Gasteiger partial charge in [0.1, 0.15) is 11.8 Å². The summed E-state index contributed by atoms with van der Waals surface area (Å²) in [5.74, 6) is 0. The summed E-state index contributed by atoms with van der Waals surface area (Å²) in [4.78, 5) is 13.3. The maximum Gasteiger partial charge on any atom is 0.261 e. The molecule has 6 heteroatoms. The van der Waals surface area contributed by atoms with Gasteiger partial charge in [0.15, 0.2) is 0 Å². The van der Waals surface area contributed by atoms with Gasteiger partial charge in [0.05, 0.1) is 35.9 Å². The lowest BCUT2D eigenvalue weighted by atomic mass is 9.97. The summed E-state index contributed by atoms with van der Waals surface area (Å²) < 4.78 is 9.63. The number of ether oxygens (including phenoxy) is 1. The maximum atomic E-state index is 13.3. The number of benzene rings is 3. The topological polar surface area (TPSA) is 68.8 Å². The molecule has 2 unspecified atom stereocenters. The molecule has 6 nitrogen and oxygen atoms in total. The highest BCUT2D eigenvalue weighted by Crippen LogP contribution is 2.28. The van der Waals surface area contributed by atoms with Crippen LogP contribution in [0.5, 0.6) is 0 Å². The van der Waals surface area contributed by atoms with Crippen molar-refractivity contribution in [3.63, 3.8) is 0 Å². The number of aliphatic hydroxyl groups excluding tert-OH is 1. The largest absolute Gasteiger partial charge is 0.389 e. The number of nitrogens with zero attached hydrogens (tertiary/aromatic N) is 3. The van der Waals surface area contributed by atoms with Crippen LogP contribution in [0.3, 0.4) is 0 Å². The molecule has 2 aromatic heterocycles. The summed E-state index contributed by atoms with van der Waals surface area (Å²) in [5.41, 5.74) is 5.24. The first-order valence-corrected chi connectivity index (χ1v) is 11.4. The van der Waals surface area contributed by atoms with E-state index in [0.717, 1.165) is 27.9 Å². The third kappa shape index (κ3) is 4.14. The molecular weight excluding hydrogens is 426 g/mol. The van der Waals surface area contributed by atoms with E-state index in [9.17, 15) is 9.90 Å². The number of rotatable bonds is 7. The highest BCUT2D eigenvalue weighted by Gasteiger charge is 2.20. The van der Waals surface area contributed by atoms with Gasteiger partial charge in [-0.15, -0.1) is 0 Å². The van der Waals surface area contributed by atoms with Crippen molar-refractivity contribution in [3.8, 4) is 0 Å². The quantitative estimate of drug-likeness (QED) is 0.396. The summed E-state index contributed by atoms with van der Waals surface area (Å²) in [7, 11) is 0. The molecule has 0 aliphatic heterocycles. The Bertz CT molecular complexity index is 1500. The van der Waals surface area contributed by atoms with Crippen molar-refractivity contribution in [2.45, 2.75) is 32.6 Å². The van der Waals surface area contributed by atoms with Gasteiger partial charge in [-0.1, -0.05) is 66.7 Å². The molecule has 0 spiro atoms. The number of aryl methyl sites for hydroxylation is 2. The van der Waals surface area contributed by atoms with E-state index < -0.39 is 6.10 Å². The van der Waals surface area contributed by atoms with E-state index >= 15 is 0 Å². The molecule has 0 amide bonds. The Morgan fingerprint density at radius 3 is 2.44 bits per heavy atom. The second-order valence-corrected chi connectivity index (χ2v) is 8.62. The van der Waals surface area contributed by atoms with Crippen molar-refractivity contribution >= 4 is 16.6 Å². The van der Waals surface area contributed by atoms with Crippen LogP contribution in [0.2, 0.25) is 0 Å². The summed E-state index contributed by atoms with van der Waals surface area (Å²) >= 11 is 0. The van der Waals surface area contributed by atoms with Gasteiger partial charge in [0.25, 0.3) is 5.56 Å². The molecule has 5 rings (SSSR count). The Labute approximate surface area is 197 Å². The normalized spacial score (nSPS) is 13.4. The fraction of sp³-hybridized carbons (Fsp3) is 0.214. The van der Waals surface area contributed by atoms with E-state index in [1.165, 1.54) is 0 Å². The predicted octanol–water partition coefficient (Wildman–Crippen LogP) is 4.43. The summed E-state index contributed by atoms with van der Waals surface area (Å²) in [6.07, 6.45) is -1.20. The van der Waals surface area contributed by atoms with Crippen LogP contribution < -0.4 is 5.56 Å². The van der Waals surface area contributed by atoms with E-state index in [0.29, 0.717) is 11.0 Å². The molecule has 2 atom stereocenters. The lowest BCUT2D eigenvalue weighted by molar-refractivity contribution is -0.000716. The molecule has 0 fully saturated rings. The average molecular weight is 454 g/mol. The van der Waals surface area contributed by atoms with E-state index in [1.807, 2.05) is 79.7 Å². The van der Waals surface area contributed by atoms with Crippen molar-refractivity contribution in [3.05, 3.63) is 118 Å². The first-order chi connectivity index (χ1) is 16.5. The van der Waals surface area contributed by atoms with E-state index in [2.05, 4.69) is 18.1 Å². The van der Waals surface area contributed by atoms with Crippen LogP contribution in [-0.2, 0) is 11.3 Å².